The Morgan fingerprint density at radius 1 is 1.17 bits per heavy atom. The summed E-state index contributed by atoms with van der Waals surface area (Å²) in [5.74, 6) is 1.25. The number of anilines is 1. The van der Waals surface area contributed by atoms with Crippen LogP contribution in [0.3, 0.4) is 0 Å². The van der Waals surface area contributed by atoms with Gasteiger partial charge in [0.2, 0.25) is 5.91 Å². The van der Waals surface area contributed by atoms with E-state index in [0.717, 1.165) is 39.2 Å². The van der Waals surface area contributed by atoms with Gasteiger partial charge in [-0.25, -0.2) is 9.97 Å². The average Bonchev–Trinajstić information content (AvgIpc) is 3.14. The molecule has 0 fully saturated rings. The molecule has 0 atom stereocenters. The summed E-state index contributed by atoms with van der Waals surface area (Å²) in [5.41, 5.74) is 4.35. The number of amides is 1. The van der Waals surface area contributed by atoms with Crippen LogP contribution >= 0.6 is 0 Å². The summed E-state index contributed by atoms with van der Waals surface area (Å²) in [7, 11) is 3.84. The number of benzene rings is 1. The summed E-state index contributed by atoms with van der Waals surface area (Å²) in [6.45, 7) is 2.32. The number of aryl methyl sites for hydroxylation is 1. The summed E-state index contributed by atoms with van der Waals surface area (Å²) in [5, 5.41) is 3.92. The molecule has 4 aromatic rings. The van der Waals surface area contributed by atoms with E-state index in [1.807, 2.05) is 62.3 Å². The molecule has 0 aliphatic rings. The molecule has 3 aromatic heterocycles. The van der Waals surface area contributed by atoms with Gasteiger partial charge >= 0.3 is 0 Å². The van der Waals surface area contributed by atoms with E-state index in [9.17, 15) is 4.79 Å². The smallest absolute Gasteiger partial charge is 0.224 e. The Morgan fingerprint density at radius 2 is 2.03 bits per heavy atom. The number of carbonyl (C=O) groups excluding carboxylic acids is 1. The Bertz CT molecular complexity index is 1180. The molecule has 0 aliphatic heterocycles. The molecule has 30 heavy (non-hydrogen) atoms. The van der Waals surface area contributed by atoms with Crippen LogP contribution in [0.25, 0.3) is 22.4 Å². The molecule has 0 radical (unpaired) electrons. The van der Waals surface area contributed by atoms with Crippen molar-refractivity contribution in [3.8, 4) is 11.4 Å². The second-order valence-electron chi connectivity index (χ2n) is 7.39. The molecule has 1 aromatic carbocycles. The van der Waals surface area contributed by atoms with Crippen molar-refractivity contribution in [3.05, 3.63) is 71.9 Å². The van der Waals surface area contributed by atoms with Crippen LogP contribution in [-0.4, -0.2) is 35.0 Å². The number of fused-ring (bicyclic) bond motifs is 1. The van der Waals surface area contributed by atoms with Gasteiger partial charge in [-0.3, -0.25) is 9.78 Å². The van der Waals surface area contributed by atoms with Crippen LogP contribution < -0.4 is 10.2 Å². The van der Waals surface area contributed by atoms with Gasteiger partial charge < -0.3 is 14.6 Å². The lowest BCUT2D eigenvalue weighted by atomic mass is 10.1. The van der Waals surface area contributed by atoms with E-state index in [2.05, 4.69) is 20.3 Å². The van der Waals surface area contributed by atoms with Gasteiger partial charge in [0, 0.05) is 49.1 Å². The first-order chi connectivity index (χ1) is 14.5. The van der Waals surface area contributed by atoms with Gasteiger partial charge in [0.1, 0.15) is 11.4 Å². The maximum atomic E-state index is 12.6. The minimum Gasteiger partial charge on any atom is -0.464 e. The second-order valence-corrected chi connectivity index (χ2v) is 7.39. The van der Waals surface area contributed by atoms with Crippen molar-refractivity contribution in [2.75, 3.05) is 19.0 Å². The number of furan rings is 1. The molecule has 0 saturated carbocycles. The van der Waals surface area contributed by atoms with Gasteiger partial charge in [-0.05, 0) is 30.7 Å². The van der Waals surface area contributed by atoms with Crippen molar-refractivity contribution < 1.29 is 9.21 Å². The summed E-state index contributed by atoms with van der Waals surface area (Å²) < 4.78 is 5.59. The van der Waals surface area contributed by atoms with E-state index in [1.165, 1.54) is 0 Å². The number of aromatic nitrogens is 3. The quantitative estimate of drug-likeness (QED) is 0.532. The molecule has 7 heteroatoms. The van der Waals surface area contributed by atoms with Crippen LogP contribution in [0.15, 0.2) is 59.5 Å². The molecule has 1 amide bonds. The monoisotopic (exact) mass is 401 g/mol. The maximum Gasteiger partial charge on any atom is 0.224 e. The fraction of sp³-hybridized carbons (Fsp3) is 0.217. The molecular weight excluding hydrogens is 378 g/mol. The maximum absolute atomic E-state index is 12.6. The van der Waals surface area contributed by atoms with Crippen LogP contribution in [0.5, 0.6) is 0 Å². The first-order valence-corrected chi connectivity index (χ1v) is 9.69. The fourth-order valence-corrected chi connectivity index (χ4v) is 3.18. The van der Waals surface area contributed by atoms with Crippen LogP contribution in [0.1, 0.15) is 16.8 Å². The Balaban J connectivity index is 1.49. The van der Waals surface area contributed by atoms with Gasteiger partial charge in [-0.2, -0.15) is 0 Å². The van der Waals surface area contributed by atoms with E-state index in [1.54, 1.807) is 18.7 Å². The summed E-state index contributed by atoms with van der Waals surface area (Å²) in [6.07, 6.45) is 5.33. The first-order valence-electron chi connectivity index (χ1n) is 9.69. The second kappa shape index (κ2) is 8.32. The zero-order chi connectivity index (χ0) is 21.1. The van der Waals surface area contributed by atoms with E-state index in [4.69, 9.17) is 4.42 Å². The van der Waals surface area contributed by atoms with Gasteiger partial charge in [0.05, 0.1) is 24.9 Å². The molecule has 0 saturated heterocycles. The first kappa shape index (κ1) is 19.6. The highest BCUT2D eigenvalue weighted by Gasteiger charge is 2.13. The van der Waals surface area contributed by atoms with Gasteiger partial charge in [-0.1, -0.05) is 12.1 Å². The molecule has 0 unspecified atom stereocenters. The van der Waals surface area contributed by atoms with Crippen LogP contribution in [0.4, 0.5) is 5.82 Å². The molecule has 0 spiro atoms. The lowest BCUT2D eigenvalue weighted by Crippen LogP contribution is -2.25. The van der Waals surface area contributed by atoms with Crippen molar-refractivity contribution in [3.63, 3.8) is 0 Å². The standard InChI is InChI=1S/C23H23N5O2/c1-15-6-7-19-17(14-30-20(19)9-15)10-22(29)25-13-18-11-21(28(2)3)27-23(26-18)16-5-4-8-24-12-16/h4-9,11-12,14H,10,13H2,1-3H3,(H,25,29). The van der Waals surface area contributed by atoms with Crippen molar-refractivity contribution in [1.82, 2.24) is 20.3 Å². The molecule has 0 bridgehead atoms. The number of hydrogen-bond donors (Lipinski definition) is 1. The molecule has 3 heterocycles. The van der Waals surface area contributed by atoms with Gasteiger partial charge in [-0.15, -0.1) is 0 Å². The molecule has 1 N–H and O–H groups in total. The SMILES string of the molecule is Cc1ccc2c(CC(=O)NCc3cc(N(C)C)nc(-c4cccnc4)n3)coc2c1. The topological polar surface area (TPSA) is 84.2 Å². The third kappa shape index (κ3) is 4.30. The number of nitrogens with one attached hydrogen (secondary N) is 1. The van der Waals surface area contributed by atoms with Crippen molar-refractivity contribution in [2.24, 2.45) is 0 Å². The Morgan fingerprint density at radius 3 is 2.80 bits per heavy atom. The number of rotatable bonds is 6. The molecule has 0 aliphatic carbocycles. The van der Waals surface area contributed by atoms with Crippen LogP contribution in [0, 0.1) is 6.92 Å². The third-order valence-electron chi connectivity index (χ3n) is 4.77. The normalized spacial score (nSPS) is 10.9. The van der Waals surface area contributed by atoms with Crippen molar-refractivity contribution in [2.45, 2.75) is 19.9 Å². The zero-order valence-corrected chi connectivity index (χ0v) is 17.2. The fourth-order valence-electron chi connectivity index (χ4n) is 3.18. The predicted octanol–water partition coefficient (Wildman–Crippen LogP) is 3.52. The van der Waals surface area contributed by atoms with E-state index >= 15 is 0 Å². The van der Waals surface area contributed by atoms with E-state index in [0.29, 0.717) is 12.4 Å². The Kier molecular flexibility index (Phi) is 5.43. The summed E-state index contributed by atoms with van der Waals surface area (Å²) >= 11 is 0. The predicted molar refractivity (Wildman–Crippen MR) is 116 cm³/mol. The number of nitrogens with zero attached hydrogens (tertiary/aromatic N) is 4. The minimum atomic E-state index is -0.0915. The molecule has 4 rings (SSSR count). The van der Waals surface area contributed by atoms with Crippen molar-refractivity contribution >= 4 is 22.7 Å². The lowest BCUT2D eigenvalue weighted by molar-refractivity contribution is -0.120. The summed E-state index contributed by atoms with van der Waals surface area (Å²) in [4.78, 5) is 27.8. The van der Waals surface area contributed by atoms with Crippen molar-refractivity contribution in [1.29, 1.82) is 0 Å². The van der Waals surface area contributed by atoms with Gasteiger partial charge in [0.15, 0.2) is 5.82 Å². The lowest BCUT2D eigenvalue weighted by Gasteiger charge is -2.14. The average molecular weight is 401 g/mol. The highest BCUT2D eigenvalue weighted by molar-refractivity contribution is 5.87. The van der Waals surface area contributed by atoms with Crippen LogP contribution in [-0.2, 0) is 17.8 Å². The molecule has 152 valence electrons. The van der Waals surface area contributed by atoms with E-state index in [-0.39, 0.29) is 12.3 Å². The highest BCUT2D eigenvalue weighted by atomic mass is 16.3. The molecular formula is C23H23N5O2. The highest BCUT2D eigenvalue weighted by Crippen LogP contribution is 2.23. The van der Waals surface area contributed by atoms with Crippen LogP contribution in [0.2, 0.25) is 0 Å². The minimum absolute atomic E-state index is 0.0915. The molecule has 7 nitrogen and oxygen atoms in total. The third-order valence-corrected chi connectivity index (χ3v) is 4.77. The van der Waals surface area contributed by atoms with Gasteiger partial charge in [0.25, 0.3) is 0 Å². The van der Waals surface area contributed by atoms with E-state index < -0.39 is 0 Å². The number of pyridine rings is 1. The Labute approximate surface area is 174 Å². The number of hydrogen-bond acceptors (Lipinski definition) is 6. The largest absolute Gasteiger partial charge is 0.464 e. The Hall–Kier alpha value is -3.74. The summed E-state index contributed by atoms with van der Waals surface area (Å²) in [6, 6.07) is 11.6. The number of carbonyl (C=O) groups is 1. The zero-order valence-electron chi connectivity index (χ0n) is 17.2.